The number of amides is 1. The van der Waals surface area contributed by atoms with Crippen molar-refractivity contribution in [2.75, 3.05) is 18.1 Å². The van der Waals surface area contributed by atoms with Crippen LogP contribution in [0.15, 0.2) is 83.8 Å². The van der Waals surface area contributed by atoms with E-state index in [0.717, 1.165) is 58.1 Å². The number of fused-ring (bicyclic) bond motifs is 2. The molecule has 0 saturated heterocycles. The number of para-hydroxylation sites is 1. The second-order valence-corrected chi connectivity index (χ2v) is 13.5. The maximum Gasteiger partial charge on any atom is 0.256 e. The molecule has 2 aromatic heterocycles. The number of thiazole rings is 1. The molecule has 0 aliphatic carbocycles. The van der Waals surface area contributed by atoms with Gasteiger partial charge in [-0.05, 0) is 53.9 Å². The zero-order valence-corrected chi connectivity index (χ0v) is 24.4. The van der Waals surface area contributed by atoms with Crippen LogP contribution in [0.5, 0.6) is 0 Å². The first-order chi connectivity index (χ1) is 18.3. The Labute approximate surface area is 241 Å². The van der Waals surface area contributed by atoms with E-state index in [1.165, 1.54) is 28.1 Å². The summed E-state index contributed by atoms with van der Waals surface area (Å²) in [6, 6.07) is 24.6. The summed E-state index contributed by atoms with van der Waals surface area (Å²) >= 11 is 3.25. The summed E-state index contributed by atoms with van der Waals surface area (Å²) in [4.78, 5) is 22.1. The van der Waals surface area contributed by atoms with Gasteiger partial charge < -0.3 is 5.32 Å². The van der Waals surface area contributed by atoms with Gasteiger partial charge in [0.1, 0.15) is 10.0 Å². The van der Waals surface area contributed by atoms with E-state index in [4.69, 9.17) is 4.98 Å². The Hall–Kier alpha value is -3.08. The van der Waals surface area contributed by atoms with E-state index >= 15 is 0 Å². The molecule has 10 heteroatoms. The number of carbonyl (C=O) groups is 1. The lowest BCUT2D eigenvalue weighted by Gasteiger charge is -2.27. The van der Waals surface area contributed by atoms with Crippen molar-refractivity contribution >= 4 is 66.0 Å². The third kappa shape index (κ3) is 5.78. The van der Waals surface area contributed by atoms with Crippen molar-refractivity contribution in [1.29, 1.82) is 0 Å². The second kappa shape index (κ2) is 11.2. The van der Waals surface area contributed by atoms with Gasteiger partial charge in [-0.3, -0.25) is 9.69 Å². The maximum atomic E-state index is 13.3. The maximum absolute atomic E-state index is 13.3. The van der Waals surface area contributed by atoms with Crippen LogP contribution < -0.4 is 5.32 Å². The number of benzene rings is 3. The lowest BCUT2D eigenvalue weighted by molar-refractivity contribution is 0.102. The Morgan fingerprint density at radius 1 is 0.974 bits per heavy atom. The fourth-order valence-corrected chi connectivity index (χ4v) is 7.78. The van der Waals surface area contributed by atoms with Crippen LogP contribution in [0.3, 0.4) is 0 Å². The van der Waals surface area contributed by atoms with Crippen LogP contribution in [-0.4, -0.2) is 37.0 Å². The molecule has 0 bridgehead atoms. The van der Waals surface area contributed by atoms with E-state index in [0.29, 0.717) is 5.56 Å². The minimum atomic E-state index is -3.33. The predicted molar refractivity (Wildman–Crippen MR) is 162 cm³/mol. The van der Waals surface area contributed by atoms with E-state index < -0.39 is 9.84 Å². The van der Waals surface area contributed by atoms with E-state index in [-0.39, 0.29) is 23.2 Å². The van der Waals surface area contributed by atoms with Crippen molar-refractivity contribution in [2.45, 2.75) is 24.4 Å². The van der Waals surface area contributed by atoms with E-state index in [2.05, 4.69) is 40.5 Å². The monoisotopic (exact) mass is 595 g/mol. The fourth-order valence-electron chi connectivity index (χ4n) is 4.76. The number of sulfone groups is 1. The van der Waals surface area contributed by atoms with Crippen molar-refractivity contribution in [3.8, 4) is 10.6 Å². The van der Waals surface area contributed by atoms with Gasteiger partial charge in [-0.2, -0.15) is 0 Å². The number of halogens is 1. The zero-order valence-electron chi connectivity index (χ0n) is 21.1. The van der Waals surface area contributed by atoms with Crippen LogP contribution in [-0.2, 0) is 29.3 Å². The number of anilines is 1. The summed E-state index contributed by atoms with van der Waals surface area (Å²) in [5, 5.41) is 4.82. The summed E-state index contributed by atoms with van der Waals surface area (Å²) in [6.45, 7) is 2.62. The number of nitrogens with zero attached hydrogens (tertiary/aromatic N) is 2. The molecular formula is C29H26ClN3O3S3. The highest BCUT2D eigenvalue weighted by molar-refractivity contribution is 7.90. The van der Waals surface area contributed by atoms with Crippen LogP contribution in [0.1, 0.15) is 26.4 Å². The van der Waals surface area contributed by atoms with Crippen molar-refractivity contribution in [3.05, 3.63) is 100 Å². The molecular weight excluding hydrogens is 570 g/mol. The van der Waals surface area contributed by atoms with E-state index in [1.54, 1.807) is 34.8 Å². The topological polar surface area (TPSA) is 79.4 Å². The van der Waals surface area contributed by atoms with Gasteiger partial charge in [0.15, 0.2) is 9.84 Å². The van der Waals surface area contributed by atoms with Crippen LogP contribution in [0.4, 0.5) is 5.00 Å². The molecule has 0 saturated carbocycles. The lowest BCUT2D eigenvalue weighted by Crippen LogP contribution is -2.29. The number of nitrogens with one attached hydrogen (secondary N) is 1. The SMILES string of the molecule is CS(=O)(=O)c1ccc(C(=O)Nc2sc3c(c2-c2nc4ccccc4s2)CCN(Cc2ccccc2)C3)cc1.Cl. The number of carbonyl (C=O) groups excluding carboxylic acids is 1. The average Bonchev–Trinajstić information content (AvgIpc) is 3.49. The van der Waals surface area contributed by atoms with Gasteiger partial charge in [-0.1, -0.05) is 42.5 Å². The van der Waals surface area contributed by atoms with Gasteiger partial charge in [-0.15, -0.1) is 35.1 Å². The largest absolute Gasteiger partial charge is 0.313 e. The van der Waals surface area contributed by atoms with Gasteiger partial charge in [0.2, 0.25) is 0 Å². The summed E-state index contributed by atoms with van der Waals surface area (Å²) < 4.78 is 24.8. The molecule has 1 N–H and O–H groups in total. The Bertz CT molecular complexity index is 1710. The Kier molecular flexibility index (Phi) is 7.89. The number of hydrogen-bond donors (Lipinski definition) is 1. The van der Waals surface area contributed by atoms with Crippen LogP contribution >= 0.6 is 35.1 Å². The molecule has 0 atom stereocenters. The second-order valence-electron chi connectivity index (χ2n) is 9.39. The van der Waals surface area contributed by atoms with Crippen molar-refractivity contribution in [3.63, 3.8) is 0 Å². The van der Waals surface area contributed by atoms with E-state index in [9.17, 15) is 13.2 Å². The Morgan fingerprint density at radius 2 is 1.69 bits per heavy atom. The quantitative estimate of drug-likeness (QED) is 0.237. The first-order valence-corrected chi connectivity index (χ1v) is 15.8. The van der Waals surface area contributed by atoms with Crippen LogP contribution in [0.25, 0.3) is 20.8 Å². The molecule has 39 heavy (non-hydrogen) atoms. The highest BCUT2D eigenvalue weighted by atomic mass is 35.5. The molecule has 6 nitrogen and oxygen atoms in total. The number of rotatable bonds is 6. The molecule has 0 fully saturated rings. The summed E-state index contributed by atoms with van der Waals surface area (Å²) in [6.07, 6.45) is 2.03. The smallest absolute Gasteiger partial charge is 0.256 e. The van der Waals surface area contributed by atoms with Gasteiger partial charge in [-0.25, -0.2) is 13.4 Å². The number of thiophene rings is 1. The molecule has 200 valence electrons. The predicted octanol–water partition coefficient (Wildman–Crippen LogP) is 6.66. The minimum absolute atomic E-state index is 0. The fraction of sp³-hybridized carbons (Fsp3) is 0.172. The molecule has 1 amide bonds. The Balaban J connectivity index is 0.00000308. The number of hydrogen-bond acceptors (Lipinski definition) is 7. The van der Waals surface area contributed by atoms with Crippen LogP contribution in [0.2, 0.25) is 0 Å². The highest BCUT2D eigenvalue weighted by Gasteiger charge is 2.28. The van der Waals surface area contributed by atoms with Crippen LogP contribution in [0, 0.1) is 0 Å². The average molecular weight is 596 g/mol. The van der Waals surface area contributed by atoms with Gasteiger partial charge in [0.05, 0.1) is 15.1 Å². The molecule has 1 aliphatic heterocycles. The summed E-state index contributed by atoms with van der Waals surface area (Å²) in [5.41, 5.74) is 4.89. The van der Waals surface area contributed by atoms with Crippen molar-refractivity contribution < 1.29 is 13.2 Å². The highest BCUT2D eigenvalue weighted by Crippen LogP contribution is 2.46. The molecule has 0 spiro atoms. The summed E-state index contributed by atoms with van der Waals surface area (Å²) in [5.74, 6) is -0.271. The standard InChI is InChI=1S/C29H25N3O3S3.ClH/c1-38(34,35)21-13-11-20(12-14-21)27(33)31-29-26(28-30-23-9-5-6-10-24(23)36-28)22-15-16-32(18-25(22)37-29)17-19-7-3-2-4-8-19;/h2-14H,15-18H2,1H3,(H,31,33);1H. The lowest BCUT2D eigenvalue weighted by atomic mass is 10.0. The molecule has 6 rings (SSSR count). The van der Waals surface area contributed by atoms with Crippen molar-refractivity contribution in [1.82, 2.24) is 9.88 Å². The number of aromatic nitrogens is 1. The third-order valence-corrected chi connectivity index (χ3v) is 9.98. The molecule has 0 radical (unpaired) electrons. The third-order valence-electron chi connectivity index (χ3n) is 6.66. The zero-order chi connectivity index (χ0) is 26.3. The Morgan fingerprint density at radius 3 is 2.41 bits per heavy atom. The molecule has 5 aromatic rings. The molecule has 3 aromatic carbocycles. The van der Waals surface area contributed by atoms with Gasteiger partial charge in [0, 0.05) is 41.9 Å². The molecule has 3 heterocycles. The first kappa shape index (κ1) is 27.5. The van der Waals surface area contributed by atoms with Gasteiger partial charge >= 0.3 is 0 Å². The van der Waals surface area contributed by atoms with Gasteiger partial charge in [0.25, 0.3) is 5.91 Å². The summed E-state index contributed by atoms with van der Waals surface area (Å²) in [7, 11) is -3.33. The molecule has 1 aliphatic rings. The van der Waals surface area contributed by atoms with E-state index in [1.807, 2.05) is 24.3 Å². The normalized spacial score (nSPS) is 13.6. The minimum Gasteiger partial charge on any atom is -0.313 e. The first-order valence-electron chi connectivity index (χ1n) is 12.2. The molecule has 0 unspecified atom stereocenters. The van der Waals surface area contributed by atoms with Crippen molar-refractivity contribution in [2.24, 2.45) is 0 Å².